The maximum absolute atomic E-state index is 12.0. The number of nitrogens with zero attached hydrogens (tertiary/aromatic N) is 4. The lowest BCUT2D eigenvalue weighted by Gasteiger charge is -2.08. The van der Waals surface area contributed by atoms with Crippen molar-refractivity contribution >= 4 is 108 Å². The molecule has 1 heterocycles. The molecule has 304 valence electrons. The normalized spacial score (nSPS) is 11.4. The molecule has 11 rings (SSSR count). The minimum absolute atomic E-state index is 0.0760. The molecule has 1 aromatic heterocycles. The van der Waals surface area contributed by atoms with E-state index in [0.717, 1.165) is 75.8 Å². The molecule has 4 bridgehead atoms. The van der Waals surface area contributed by atoms with Gasteiger partial charge in [-0.25, -0.2) is 0 Å². The molecule has 0 unspecified atom stereocenters. The molecular weight excluding hydrogens is 785 g/mol. The van der Waals surface area contributed by atoms with Crippen molar-refractivity contribution in [1.82, 2.24) is 19.9 Å². The maximum Gasteiger partial charge on any atom is 0.133 e. The van der Waals surface area contributed by atoms with Gasteiger partial charge in [0.2, 0.25) is 0 Å². The molecule has 0 atom stereocenters. The van der Waals surface area contributed by atoms with E-state index in [-0.39, 0.29) is 11.5 Å². The zero-order valence-corrected chi connectivity index (χ0v) is 35.2. The quantitative estimate of drug-likeness (QED) is 0.158. The summed E-state index contributed by atoms with van der Waals surface area (Å²) in [6, 6.07) is 57.3. The van der Waals surface area contributed by atoms with E-state index in [9.17, 15) is 10.2 Å². The molecule has 0 aliphatic carbocycles. The zero-order valence-electron chi connectivity index (χ0n) is 35.2. The van der Waals surface area contributed by atoms with Gasteiger partial charge in [-0.15, -0.1) is 0 Å². The molecule has 6 nitrogen and oxygen atoms in total. The van der Waals surface area contributed by atoms with E-state index in [1.807, 2.05) is 111 Å². The molecule has 10 aromatic carbocycles. The van der Waals surface area contributed by atoms with Crippen LogP contribution in [0.3, 0.4) is 0 Å². The van der Waals surface area contributed by atoms with Crippen molar-refractivity contribution in [1.29, 1.82) is 0 Å². The third kappa shape index (κ3) is 6.78. The fourth-order valence-electron chi connectivity index (χ4n) is 9.14. The van der Waals surface area contributed by atoms with Gasteiger partial charge in [-0.05, 0) is 117 Å². The van der Waals surface area contributed by atoms with Crippen LogP contribution in [0.25, 0.3) is 108 Å². The summed E-state index contributed by atoms with van der Waals surface area (Å²) < 4.78 is 0. The number of rotatable bonds is 0. The second kappa shape index (κ2) is 15.8. The van der Waals surface area contributed by atoms with E-state index in [1.165, 1.54) is 0 Å². The predicted octanol–water partition coefficient (Wildman–Crippen LogP) is 14.8. The highest BCUT2D eigenvalue weighted by Crippen LogP contribution is 2.36. The Morgan fingerprint density at radius 2 is 0.516 bits per heavy atom. The SMILES string of the molecule is Cc1cc2cnc3ccc4ccccc4c3c3c(ccc4ccccc43)ncc3cc(C)cc(cnc4ccc5ccccc5c4c4c(ccc5ccccc54)ncc(c1)c2O)c3O. The highest BCUT2D eigenvalue weighted by molar-refractivity contribution is 6.26. The number of fused-ring (bicyclic) bond motifs is 18. The van der Waals surface area contributed by atoms with Gasteiger partial charge in [0.25, 0.3) is 0 Å². The summed E-state index contributed by atoms with van der Waals surface area (Å²) in [5, 5.41) is 38.1. The van der Waals surface area contributed by atoms with Crippen molar-refractivity contribution in [3.05, 3.63) is 206 Å². The van der Waals surface area contributed by atoms with Crippen molar-refractivity contribution in [2.24, 2.45) is 0 Å². The lowest BCUT2D eigenvalue weighted by molar-refractivity contribution is 0.486. The minimum atomic E-state index is 0.0760. The average Bonchev–Trinajstić information content (AvgIpc) is 3.32. The molecule has 0 saturated carbocycles. The summed E-state index contributed by atoms with van der Waals surface area (Å²) in [5.41, 5.74) is 4.76. The number of hydrogen-bond acceptors (Lipinski definition) is 6. The Labute approximate surface area is 368 Å². The number of hydrogen-bond donors (Lipinski definition) is 2. The van der Waals surface area contributed by atoms with Gasteiger partial charge >= 0.3 is 0 Å². The standard InChI is InChI=1S/C58H40N4O2/c1-35-27-41-31-59-49-23-19-37-11-3-7-15-45(37)53(49)55-47-17-9-5-13-39(47)21-25-51(55)61-33-43-29-36(2)30-44(58(43)64)34-62-52-26-22-40-14-6-10-18-48(40)56(52)54-46-16-8-4-12-38(46)20-24-50(54)60-32-42(28-35)57(41)63/h3-34,63-64H,1-2H3. The van der Waals surface area contributed by atoms with E-state index in [4.69, 9.17) is 19.9 Å². The van der Waals surface area contributed by atoms with Crippen molar-refractivity contribution in [2.75, 3.05) is 0 Å². The Morgan fingerprint density at radius 1 is 0.281 bits per heavy atom. The van der Waals surface area contributed by atoms with Crippen LogP contribution >= 0.6 is 0 Å². The van der Waals surface area contributed by atoms with E-state index >= 15 is 0 Å². The van der Waals surface area contributed by atoms with Crippen LogP contribution in [0.4, 0.5) is 0 Å². The first-order valence-electron chi connectivity index (χ1n) is 21.3. The molecule has 64 heavy (non-hydrogen) atoms. The first-order chi connectivity index (χ1) is 31.4. The van der Waals surface area contributed by atoms with Crippen LogP contribution in [0.1, 0.15) is 11.1 Å². The van der Waals surface area contributed by atoms with E-state index in [1.54, 1.807) is 24.8 Å². The molecule has 0 amide bonds. The Kier molecular flexibility index (Phi) is 9.47. The van der Waals surface area contributed by atoms with Gasteiger partial charge in [0.1, 0.15) is 11.5 Å². The Hall–Kier alpha value is -8.48. The molecule has 6 heteroatoms. The fraction of sp³-hybridized carbons (Fsp3) is 0.0345. The molecule has 0 spiro atoms. The Bertz CT molecular complexity index is 3520. The fourth-order valence-corrected chi connectivity index (χ4v) is 9.14. The summed E-state index contributed by atoms with van der Waals surface area (Å²) in [7, 11) is 0. The minimum Gasteiger partial charge on any atom is -0.507 e. The summed E-state index contributed by atoms with van der Waals surface area (Å²) >= 11 is 0. The topological polar surface area (TPSA) is 92.0 Å². The number of aryl methyl sites for hydroxylation is 2. The van der Waals surface area contributed by atoms with Crippen molar-refractivity contribution in [3.8, 4) is 11.5 Å². The molecule has 0 aliphatic rings. The van der Waals surface area contributed by atoms with Gasteiger partial charge in [0.15, 0.2) is 0 Å². The molecule has 0 radical (unpaired) electrons. The maximum atomic E-state index is 12.0. The molecule has 0 aliphatic heterocycles. The molecular formula is C58H40N4O2. The lowest BCUT2D eigenvalue weighted by atomic mass is 9.98. The number of aromatic hydroxyl groups is 2. The summed E-state index contributed by atoms with van der Waals surface area (Å²) in [6.07, 6.45) is 6.95. The Balaban J connectivity index is 1.38. The van der Waals surface area contributed by atoms with Crippen molar-refractivity contribution in [2.45, 2.75) is 13.8 Å². The van der Waals surface area contributed by atoms with E-state index in [2.05, 4.69) is 72.8 Å². The van der Waals surface area contributed by atoms with Crippen LogP contribution in [0, 0.1) is 13.8 Å². The molecule has 0 fully saturated rings. The van der Waals surface area contributed by atoms with Crippen LogP contribution in [-0.4, -0.2) is 30.1 Å². The summed E-state index contributed by atoms with van der Waals surface area (Å²) in [4.78, 5) is 20.7. The van der Waals surface area contributed by atoms with Gasteiger partial charge in [0, 0.05) is 67.9 Å². The monoisotopic (exact) mass is 824 g/mol. The number of phenolic OH excluding ortho intramolecular Hbond substituents is 2. The van der Waals surface area contributed by atoms with Gasteiger partial charge in [-0.3, -0.25) is 19.9 Å². The molecule has 0 saturated heterocycles. The third-order valence-electron chi connectivity index (χ3n) is 12.1. The first kappa shape index (κ1) is 38.4. The first-order valence-corrected chi connectivity index (χ1v) is 21.3. The van der Waals surface area contributed by atoms with Gasteiger partial charge in [-0.2, -0.15) is 0 Å². The Morgan fingerprint density at radius 3 is 0.766 bits per heavy atom. The highest BCUT2D eigenvalue weighted by Gasteiger charge is 2.11. The van der Waals surface area contributed by atoms with E-state index in [0.29, 0.717) is 43.6 Å². The van der Waals surface area contributed by atoms with Gasteiger partial charge < -0.3 is 10.2 Å². The summed E-state index contributed by atoms with van der Waals surface area (Å²) in [6.45, 7) is 4.02. The highest BCUT2D eigenvalue weighted by atomic mass is 16.3. The summed E-state index contributed by atoms with van der Waals surface area (Å²) in [5.74, 6) is 0.152. The number of phenols is 2. The second-order valence-corrected chi connectivity index (χ2v) is 16.3. The number of aromatic nitrogens is 4. The average molecular weight is 825 g/mol. The third-order valence-corrected chi connectivity index (χ3v) is 12.1. The molecule has 2 N–H and O–H groups in total. The van der Waals surface area contributed by atoms with Crippen LogP contribution in [-0.2, 0) is 0 Å². The van der Waals surface area contributed by atoms with Crippen LogP contribution < -0.4 is 0 Å². The zero-order chi connectivity index (χ0) is 43.3. The smallest absolute Gasteiger partial charge is 0.133 e. The van der Waals surface area contributed by atoms with Crippen molar-refractivity contribution in [3.63, 3.8) is 0 Å². The van der Waals surface area contributed by atoms with Crippen LogP contribution in [0.2, 0.25) is 0 Å². The molecule has 11 aromatic rings. The van der Waals surface area contributed by atoms with Crippen molar-refractivity contribution < 1.29 is 10.2 Å². The second-order valence-electron chi connectivity index (χ2n) is 16.3. The van der Waals surface area contributed by atoms with Gasteiger partial charge in [0.05, 0.1) is 22.1 Å². The predicted molar refractivity (Wildman–Crippen MR) is 267 cm³/mol. The van der Waals surface area contributed by atoms with Crippen LogP contribution in [0.5, 0.6) is 11.5 Å². The lowest BCUT2D eigenvalue weighted by Crippen LogP contribution is -1.85. The largest absolute Gasteiger partial charge is 0.507 e. The number of benzene rings is 10. The van der Waals surface area contributed by atoms with E-state index < -0.39 is 0 Å². The van der Waals surface area contributed by atoms with Gasteiger partial charge in [-0.1, -0.05) is 121 Å². The van der Waals surface area contributed by atoms with Crippen LogP contribution in [0.15, 0.2) is 195 Å².